The summed E-state index contributed by atoms with van der Waals surface area (Å²) in [5, 5.41) is 5.98. The Morgan fingerprint density at radius 2 is 1.95 bits per heavy atom. The lowest BCUT2D eigenvalue weighted by atomic mass is 10.2. The molecule has 1 unspecified atom stereocenters. The van der Waals surface area contributed by atoms with Gasteiger partial charge in [0.1, 0.15) is 5.69 Å². The number of rotatable bonds is 5. The van der Waals surface area contributed by atoms with Crippen LogP contribution in [0.2, 0.25) is 0 Å². The molecule has 0 saturated heterocycles. The van der Waals surface area contributed by atoms with Crippen LogP contribution in [-0.4, -0.2) is 21.9 Å². The van der Waals surface area contributed by atoms with E-state index in [0.717, 1.165) is 12.1 Å². The summed E-state index contributed by atoms with van der Waals surface area (Å²) >= 11 is 0. The van der Waals surface area contributed by atoms with Crippen molar-refractivity contribution in [1.29, 1.82) is 0 Å². The van der Waals surface area contributed by atoms with E-state index in [1.807, 2.05) is 45.0 Å². The monoisotopic (exact) mass is 284 g/mol. The Labute approximate surface area is 124 Å². The van der Waals surface area contributed by atoms with Crippen molar-refractivity contribution in [3.8, 4) is 0 Å². The quantitative estimate of drug-likeness (QED) is 0.885. The fraction of sp³-hybridized carbons (Fsp3) is 0.312. The number of aromatic nitrogens is 2. The van der Waals surface area contributed by atoms with Crippen LogP contribution in [0.15, 0.2) is 36.5 Å². The third-order valence-electron chi connectivity index (χ3n) is 3.19. The predicted octanol–water partition coefficient (Wildman–Crippen LogP) is 3.06. The second-order valence-corrected chi connectivity index (χ2v) is 5.04. The maximum absolute atomic E-state index is 12.0. The molecule has 0 bridgehead atoms. The molecule has 5 nitrogen and oxygen atoms in total. The molecule has 0 aliphatic heterocycles. The highest BCUT2D eigenvalue weighted by molar-refractivity contribution is 5.92. The molecule has 0 fully saturated rings. The van der Waals surface area contributed by atoms with Gasteiger partial charge in [0.2, 0.25) is 5.95 Å². The van der Waals surface area contributed by atoms with Crippen molar-refractivity contribution in [3.05, 3.63) is 47.8 Å². The molecule has 0 aliphatic carbocycles. The van der Waals surface area contributed by atoms with Gasteiger partial charge in [-0.05, 0) is 38.5 Å². The lowest BCUT2D eigenvalue weighted by Gasteiger charge is -2.11. The van der Waals surface area contributed by atoms with Gasteiger partial charge in [-0.2, -0.15) is 0 Å². The van der Waals surface area contributed by atoms with Crippen LogP contribution >= 0.6 is 0 Å². The van der Waals surface area contributed by atoms with Crippen LogP contribution in [0, 0.1) is 6.92 Å². The van der Waals surface area contributed by atoms with E-state index in [4.69, 9.17) is 0 Å². The Balaban J connectivity index is 2.10. The molecule has 2 aromatic rings. The predicted molar refractivity (Wildman–Crippen MR) is 83.7 cm³/mol. The first-order valence-electron chi connectivity index (χ1n) is 7.06. The molecule has 1 aromatic carbocycles. The molecule has 1 heterocycles. The summed E-state index contributed by atoms with van der Waals surface area (Å²) in [5.41, 5.74) is 2.43. The summed E-state index contributed by atoms with van der Waals surface area (Å²) in [6, 6.07) is 9.64. The van der Waals surface area contributed by atoms with Crippen molar-refractivity contribution in [3.63, 3.8) is 0 Å². The van der Waals surface area contributed by atoms with Crippen LogP contribution in [-0.2, 0) is 0 Å². The number of nitrogens with zero attached hydrogens (tertiary/aromatic N) is 2. The van der Waals surface area contributed by atoms with Crippen LogP contribution in [0.3, 0.4) is 0 Å². The molecule has 0 radical (unpaired) electrons. The Morgan fingerprint density at radius 3 is 2.62 bits per heavy atom. The van der Waals surface area contributed by atoms with Gasteiger partial charge in [0.15, 0.2) is 0 Å². The van der Waals surface area contributed by atoms with E-state index < -0.39 is 0 Å². The highest BCUT2D eigenvalue weighted by Gasteiger charge is 2.11. The van der Waals surface area contributed by atoms with Gasteiger partial charge in [0.25, 0.3) is 5.91 Å². The molecular formula is C16H20N4O. The molecule has 5 heteroatoms. The molecular weight excluding hydrogens is 264 g/mol. The lowest BCUT2D eigenvalue weighted by molar-refractivity contribution is 0.0934. The van der Waals surface area contributed by atoms with Crippen LogP contribution in [0.5, 0.6) is 0 Å². The Kier molecular flexibility index (Phi) is 4.87. The van der Waals surface area contributed by atoms with E-state index in [2.05, 4.69) is 20.6 Å². The topological polar surface area (TPSA) is 66.9 Å². The van der Waals surface area contributed by atoms with Crippen molar-refractivity contribution in [2.75, 3.05) is 5.32 Å². The minimum absolute atomic E-state index is 0.126. The summed E-state index contributed by atoms with van der Waals surface area (Å²) < 4.78 is 0. The zero-order valence-corrected chi connectivity index (χ0v) is 12.6. The third-order valence-corrected chi connectivity index (χ3v) is 3.19. The fourth-order valence-corrected chi connectivity index (χ4v) is 1.71. The highest BCUT2D eigenvalue weighted by atomic mass is 16.1. The van der Waals surface area contributed by atoms with Gasteiger partial charge in [-0.1, -0.05) is 24.6 Å². The summed E-state index contributed by atoms with van der Waals surface area (Å²) in [6.07, 6.45) is 2.46. The highest BCUT2D eigenvalue weighted by Crippen LogP contribution is 2.13. The van der Waals surface area contributed by atoms with Crippen molar-refractivity contribution in [2.24, 2.45) is 0 Å². The number of aryl methyl sites for hydroxylation is 1. The molecule has 0 aliphatic rings. The molecule has 0 spiro atoms. The first-order valence-corrected chi connectivity index (χ1v) is 7.06. The van der Waals surface area contributed by atoms with Crippen molar-refractivity contribution in [2.45, 2.75) is 33.2 Å². The van der Waals surface area contributed by atoms with Crippen LogP contribution < -0.4 is 10.6 Å². The maximum atomic E-state index is 12.0. The van der Waals surface area contributed by atoms with Crippen LogP contribution in [0.25, 0.3) is 0 Å². The molecule has 1 aromatic heterocycles. The van der Waals surface area contributed by atoms with Crippen LogP contribution in [0.1, 0.15) is 36.3 Å². The average molecular weight is 284 g/mol. The number of carbonyl (C=O) groups is 1. The van der Waals surface area contributed by atoms with Gasteiger partial charge in [-0.3, -0.25) is 4.79 Å². The number of hydrogen-bond acceptors (Lipinski definition) is 4. The molecule has 110 valence electrons. The number of hydrogen-bond donors (Lipinski definition) is 2. The first kappa shape index (κ1) is 15.0. The van der Waals surface area contributed by atoms with E-state index in [9.17, 15) is 4.79 Å². The second kappa shape index (κ2) is 6.83. The van der Waals surface area contributed by atoms with Gasteiger partial charge in [-0.15, -0.1) is 0 Å². The van der Waals surface area contributed by atoms with Gasteiger partial charge in [0, 0.05) is 17.9 Å². The number of anilines is 2. The number of amides is 1. The minimum Gasteiger partial charge on any atom is -0.348 e. The van der Waals surface area contributed by atoms with Crippen molar-refractivity contribution in [1.82, 2.24) is 15.3 Å². The third kappa shape index (κ3) is 4.27. The van der Waals surface area contributed by atoms with Crippen molar-refractivity contribution >= 4 is 17.5 Å². The second-order valence-electron chi connectivity index (χ2n) is 5.04. The molecule has 21 heavy (non-hydrogen) atoms. The SMILES string of the molecule is CCC(C)NC(=O)c1ccnc(Nc2ccc(C)cc2)n1. The first-order chi connectivity index (χ1) is 10.1. The van der Waals surface area contributed by atoms with E-state index in [0.29, 0.717) is 11.6 Å². The maximum Gasteiger partial charge on any atom is 0.270 e. The fourth-order valence-electron chi connectivity index (χ4n) is 1.71. The van der Waals surface area contributed by atoms with Crippen molar-refractivity contribution < 1.29 is 4.79 Å². The normalized spacial score (nSPS) is 11.8. The summed E-state index contributed by atoms with van der Waals surface area (Å²) in [5.74, 6) is 0.231. The molecule has 2 rings (SSSR count). The summed E-state index contributed by atoms with van der Waals surface area (Å²) in [7, 11) is 0. The van der Waals surface area contributed by atoms with E-state index in [-0.39, 0.29) is 11.9 Å². The smallest absolute Gasteiger partial charge is 0.270 e. The van der Waals surface area contributed by atoms with E-state index >= 15 is 0 Å². The molecule has 0 saturated carbocycles. The largest absolute Gasteiger partial charge is 0.348 e. The molecule has 2 N–H and O–H groups in total. The zero-order chi connectivity index (χ0) is 15.2. The molecule has 1 atom stereocenters. The van der Waals surface area contributed by atoms with Crippen LogP contribution in [0.4, 0.5) is 11.6 Å². The Bertz CT molecular complexity index is 610. The van der Waals surface area contributed by atoms with E-state index in [1.165, 1.54) is 5.56 Å². The zero-order valence-electron chi connectivity index (χ0n) is 12.6. The number of carbonyl (C=O) groups excluding carboxylic acids is 1. The number of nitrogens with one attached hydrogen (secondary N) is 2. The average Bonchev–Trinajstić information content (AvgIpc) is 2.49. The van der Waals surface area contributed by atoms with Gasteiger partial charge in [0.05, 0.1) is 0 Å². The standard InChI is InChI=1S/C16H20N4O/c1-4-12(3)18-15(21)14-9-10-17-16(20-14)19-13-7-5-11(2)6-8-13/h5-10,12H,4H2,1-3H3,(H,18,21)(H,17,19,20). The van der Waals surface area contributed by atoms with E-state index in [1.54, 1.807) is 12.3 Å². The Hall–Kier alpha value is -2.43. The number of benzene rings is 1. The lowest BCUT2D eigenvalue weighted by Crippen LogP contribution is -2.32. The minimum atomic E-state index is -0.182. The van der Waals surface area contributed by atoms with Gasteiger partial charge >= 0.3 is 0 Å². The van der Waals surface area contributed by atoms with Gasteiger partial charge in [-0.25, -0.2) is 9.97 Å². The van der Waals surface area contributed by atoms with Gasteiger partial charge < -0.3 is 10.6 Å². The summed E-state index contributed by atoms with van der Waals surface area (Å²) in [4.78, 5) is 20.4. The summed E-state index contributed by atoms with van der Waals surface area (Å²) in [6.45, 7) is 6.01. The Morgan fingerprint density at radius 1 is 1.24 bits per heavy atom. The molecule has 1 amide bonds.